The summed E-state index contributed by atoms with van der Waals surface area (Å²) >= 11 is 8.49. The smallest absolute Gasteiger partial charge is 0.355 e. The van der Waals surface area contributed by atoms with Gasteiger partial charge in [-0.3, -0.25) is 14.4 Å². The monoisotopic (exact) mass is 742 g/mol. The fourth-order valence-electron chi connectivity index (χ4n) is 6.06. The van der Waals surface area contributed by atoms with Crippen molar-refractivity contribution in [3.05, 3.63) is 63.4 Å². The van der Waals surface area contributed by atoms with Gasteiger partial charge in [-0.05, 0) is 56.1 Å². The summed E-state index contributed by atoms with van der Waals surface area (Å²) in [7, 11) is 0. The zero-order valence-electron chi connectivity index (χ0n) is 28.8. The lowest BCUT2D eigenvalue weighted by atomic mass is 9.85. The topological polar surface area (TPSA) is 160 Å². The fraction of sp³-hybridized carbons (Fsp3) is 0.514. The Morgan fingerprint density at radius 3 is 2.61 bits per heavy atom. The quantitative estimate of drug-likeness (QED) is 0.0426. The number of rotatable bonds is 18. The Kier molecular flexibility index (Phi) is 15.5. The van der Waals surface area contributed by atoms with Crippen LogP contribution >= 0.6 is 25.3 Å². The molecule has 4 heterocycles. The number of nitrogens with zero attached hydrogens (tertiary/aromatic N) is 2. The van der Waals surface area contributed by atoms with Crippen molar-refractivity contribution >= 4 is 60.4 Å². The summed E-state index contributed by atoms with van der Waals surface area (Å²) in [5.74, 6) is -1.04. The minimum atomic E-state index is -1.79. The Morgan fingerprint density at radius 2 is 1.86 bits per heavy atom. The number of unbranched alkanes of at least 4 members (excludes halogenated alkanes) is 2. The molecular formula is C37H46N2O10S2. The lowest BCUT2D eigenvalue weighted by Gasteiger charge is -2.35. The summed E-state index contributed by atoms with van der Waals surface area (Å²) in [6, 6.07) is 11.4. The van der Waals surface area contributed by atoms with E-state index in [-0.39, 0.29) is 69.8 Å². The van der Waals surface area contributed by atoms with Gasteiger partial charge in [0.1, 0.15) is 19.5 Å². The number of thiol groups is 2. The predicted octanol–water partition coefficient (Wildman–Crippen LogP) is 4.72. The van der Waals surface area contributed by atoms with Crippen LogP contribution < -0.4 is 5.56 Å². The highest BCUT2D eigenvalue weighted by Gasteiger charge is 2.50. The maximum atomic E-state index is 13.6. The first-order chi connectivity index (χ1) is 24.7. The van der Waals surface area contributed by atoms with Gasteiger partial charge in [-0.2, -0.15) is 25.3 Å². The number of ether oxygens (including phenoxy) is 4. The van der Waals surface area contributed by atoms with Gasteiger partial charge in [-0.15, -0.1) is 0 Å². The van der Waals surface area contributed by atoms with Crippen LogP contribution in [0.5, 0.6) is 0 Å². The second kappa shape index (κ2) is 19.8. The SMILES string of the molecule is CCC1(OC(=O)CCCC(=O)OCCOCCO)C(=O)OCc2c1cc1n(c2=O)Cc2cc3ccccc3nc2-1.O=CCCCCC(S)CCS. The molecule has 51 heavy (non-hydrogen) atoms. The third kappa shape index (κ3) is 10.2. The summed E-state index contributed by atoms with van der Waals surface area (Å²) in [5, 5.41) is 10.1. The zero-order chi connectivity index (χ0) is 36.8. The van der Waals surface area contributed by atoms with Crippen LogP contribution in [0.1, 0.15) is 81.4 Å². The number of aromatic nitrogens is 2. The molecule has 0 saturated heterocycles. The summed E-state index contributed by atoms with van der Waals surface area (Å²) < 4.78 is 22.8. The first kappa shape index (κ1) is 40.1. The van der Waals surface area contributed by atoms with Gasteiger partial charge < -0.3 is 33.4 Å². The number of carbonyl (C=O) groups excluding carboxylic acids is 4. The van der Waals surface area contributed by atoms with Crippen molar-refractivity contribution in [3.63, 3.8) is 0 Å². The number of benzene rings is 1. The van der Waals surface area contributed by atoms with Crippen molar-refractivity contribution in [2.45, 2.75) is 88.7 Å². The van der Waals surface area contributed by atoms with Crippen LogP contribution in [0.4, 0.5) is 0 Å². The molecule has 0 amide bonds. The number of aliphatic hydroxyl groups excluding tert-OH is 1. The molecule has 1 N–H and O–H groups in total. The van der Waals surface area contributed by atoms with E-state index >= 15 is 0 Å². The third-order valence-corrected chi connectivity index (χ3v) is 9.51. The van der Waals surface area contributed by atoms with Gasteiger partial charge in [0.15, 0.2) is 0 Å². The number of aldehydes is 1. The van der Waals surface area contributed by atoms with E-state index in [4.69, 9.17) is 29.0 Å². The molecule has 12 nitrogen and oxygen atoms in total. The molecule has 2 aliphatic heterocycles. The van der Waals surface area contributed by atoms with E-state index in [0.29, 0.717) is 35.2 Å². The molecule has 0 aliphatic carbocycles. The molecule has 0 bridgehead atoms. The minimum absolute atomic E-state index is 0.0273. The summed E-state index contributed by atoms with van der Waals surface area (Å²) in [4.78, 5) is 66.2. The zero-order valence-corrected chi connectivity index (χ0v) is 30.6. The Labute approximate surface area is 308 Å². The van der Waals surface area contributed by atoms with E-state index in [2.05, 4.69) is 25.3 Å². The van der Waals surface area contributed by atoms with Crippen LogP contribution in [-0.4, -0.2) is 76.3 Å². The van der Waals surface area contributed by atoms with Crippen LogP contribution in [0.25, 0.3) is 22.3 Å². The van der Waals surface area contributed by atoms with Gasteiger partial charge in [-0.1, -0.05) is 31.5 Å². The van der Waals surface area contributed by atoms with Gasteiger partial charge >= 0.3 is 17.9 Å². The molecule has 0 radical (unpaired) electrons. The molecule has 1 aromatic carbocycles. The number of para-hydroxylation sites is 1. The second-order valence-corrected chi connectivity index (χ2v) is 13.4. The van der Waals surface area contributed by atoms with Crippen molar-refractivity contribution in [3.8, 4) is 11.4 Å². The highest BCUT2D eigenvalue weighted by Crippen LogP contribution is 2.41. The van der Waals surface area contributed by atoms with Gasteiger partial charge in [0.05, 0.1) is 48.8 Å². The molecule has 2 unspecified atom stereocenters. The van der Waals surface area contributed by atoms with Crippen LogP contribution in [0.15, 0.2) is 41.2 Å². The Balaban J connectivity index is 0.000000459. The number of hydrogen-bond acceptors (Lipinski definition) is 13. The number of pyridine rings is 2. The average Bonchev–Trinajstić information content (AvgIpc) is 3.48. The van der Waals surface area contributed by atoms with E-state index < -0.39 is 23.5 Å². The van der Waals surface area contributed by atoms with E-state index in [1.54, 1.807) is 17.6 Å². The molecule has 0 spiro atoms. The first-order valence-corrected chi connectivity index (χ1v) is 18.5. The van der Waals surface area contributed by atoms with Crippen molar-refractivity contribution in [1.82, 2.24) is 9.55 Å². The maximum Gasteiger partial charge on any atom is 0.355 e. The summed E-state index contributed by atoms with van der Waals surface area (Å²) in [5.41, 5.74) is 1.33. The molecule has 14 heteroatoms. The van der Waals surface area contributed by atoms with Crippen molar-refractivity contribution in [2.75, 3.05) is 32.2 Å². The lowest BCUT2D eigenvalue weighted by Crippen LogP contribution is -2.47. The standard InChI is InChI=1S/C29H30N2O9.C8H16OS2/c1-2-29(40-25(34)9-5-8-24(33)38-13-12-37-11-10-32)21-15-23-26-19(14-18-6-3-4-7-22(18)30-26)16-31(23)27(35)20(21)17-39-28(29)36;9-6-3-1-2-4-8(11)5-7-10/h3-4,6-7,14-15,32H,2,5,8-13,16-17H2,1H3;6,8,10-11H,1-5,7H2. The molecule has 0 saturated carbocycles. The number of cyclic esters (lactones) is 1. The van der Waals surface area contributed by atoms with Crippen LogP contribution in [0.2, 0.25) is 0 Å². The fourth-order valence-corrected chi connectivity index (χ4v) is 6.89. The number of aliphatic hydroxyl groups is 1. The van der Waals surface area contributed by atoms with Crippen molar-refractivity contribution in [2.24, 2.45) is 0 Å². The third-order valence-electron chi connectivity index (χ3n) is 8.73. The van der Waals surface area contributed by atoms with E-state index in [9.17, 15) is 24.0 Å². The average molecular weight is 743 g/mol. The van der Waals surface area contributed by atoms with E-state index in [1.807, 2.05) is 30.3 Å². The van der Waals surface area contributed by atoms with Crippen LogP contribution in [0.3, 0.4) is 0 Å². The van der Waals surface area contributed by atoms with Crippen molar-refractivity contribution < 1.29 is 43.2 Å². The van der Waals surface area contributed by atoms with Gasteiger partial charge in [0, 0.05) is 41.0 Å². The highest BCUT2D eigenvalue weighted by molar-refractivity contribution is 7.81. The molecule has 2 aliphatic rings. The molecule has 276 valence electrons. The number of carbonyl (C=O) groups is 4. The number of esters is 3. The molecule has 2 aromatic heterocycles. The van der Waals surface area contributed by atoms with Crippen molar-refractivity contribution in [1.29, 1.82) is 0 Å². The predicted molar refractivity (Wildman–Crippen MR) is 197 cm³/mol. The van der Waals surface area contributed by atoms with Gasteiger partial charge in [0.2, 0.25) is 5.60 Å². The summed E-state index contributed by atoms with van der Waals surface area (Å²) in [6.07, 6.45) is 6.00. The highest BCUT2D eigenvalue weighted by atomic mass is 32.1. The van der Waals surface area contributed by atoms with Gasteiger partial charge in [-0.25, -0.2) is 9.78 Å². The van der Waals surface area contributed by atoms with Gasteiger partial charge in [0.25, 0.3) is 5.56 Å². The second-order valence-electron chi connectivity index (χ2n) is 12.3. The number of hydrogen-bond donors (Lipinski definition) is 3. The largest absolute Gasteiger partial charge is 0.463 e. The Bertz CT molecular complexity index is 1750. The molecule has 3 aromatic rings. The minimum Gasteiger partial charge on any atom is -0.463 e. The Hall–Kier alpha value is -3.72. The first-order valence-electron chi connectivity index (χ1n) is 17.3. The molecular weight excluding hydrogens is 697 g/mol. The van der Waals surface area contributed by atoms with E-state index in [0.717, 1.165) is 54.2 Å². The summed E-state index contributed by atoms with van der Waals surface area (Å²) in [6.45, 7) is 2.05. The van der Waals surface area contributed by atoms with Crippen LogP contribution in [0, 0.1) is 0 Å². The lowest BCUT2D eigenvalue weighted by molar-refractivity contribution is -0.189. The Morgan fingerprint density at radius 1 is 1.08 bits per heavy atom. The van der Waals surface area contributed by atoms with E-state index in [1.165, 1.54) is 0 Å². The number of fused-ring (bicyclic) bond motifs is 5. The molecule has 2 atom stereocenters. The normalized spacial score (nSPS) is 16.2. The van der Waals surface area contributed by atoms with Crippen LogP contribution in [-0.2, 0) is 56.9 Å². The molecule has 0 fully saturated rings. The molecule has 5 rings (SSSR count). The maximum absolute atomic E-state index is 13.6.